The number of rotatable bonds is 5. The third kappa shape index (κ3) is 3.31. The first-order valence-electron chi connectivity index (χ1n) is 6.91. The zero-order chi connectivity index (χ0) is 13.7. The van der Waals surface area contributed by atoms with Crippen molar-refractivity contribution in [1.82, 2.24) is 0 Å². The van der Waals surface area contributed by atoms with Crippen molar-refractivity contribution in [2.75, 3.05) is 0 Å². The van der Waals surface area contributed by atoms with Crippen LogP contribution < -0.4 is 0 Å². The lowest BCUT2D eigenvalue weighted by Crippen LogP contribution is -1.97. The Kier molecular flexibility index (Phi) is 4.51. The Labute approximate surface area is 115 Å². The van der Waals surface area contributed by atoms with E-state index in [1.54, 1.807) is 6.92 Å². The molecule has 0 N–H and O–H groups in total. The second kappa shape index (κ2) is 6.33. The van der Waals surface area contributed by atoms with Crippen LogP contribution in [0, 0.1) is 0 Å². The largest absolute Gasteiger partial charge is 0.295 e. The minimum absolute atomic E-state index is 0.136. The average Bonchev–Trinajstić information content (AvgIpc) is 2.45. The first-order chi connectivity index (χ1) is 9.22. The van der Waals surface area contributed by atoms with Gasteiger partial charge in [0.15, 0.2) is 5.78 Å². The molecule has 0 aliphatic carbocycles. The van der Waals surface area contributed by atoms with Crippen LogP contribution in [0.1, 0.15) is 42.6 Å². The number of ketones is 1. The second-order valence-corrected chi connectivity index (χ2v) is 4.90. The van der Waals surface area contributed by atoms with E-state index in [4.69, 9.17) is 0 Å². The van der Waals surface area contributed by atoms with Gasteiger partial charge in [-0.1, -0.05) is 55.8 Å². The van der Waals surface area contributed by atoms with Crippen molar-refractivity contribution in [2.24, 2.45) is 0 Å². The molecule has 19 heavy (non-hydrogen) atoms. The molecule has 0 atom stereocenters. The summed E-state index contributed by atoms with van der Waals surface area (Å²) >= 11 is 0. The predicted octanol–water partition coefficient (Wildman–Crippen LogP) is 4.90. The Hall–Kier alpha value is -1.89. The fourth-order valence-electron chi connectivity index (χ4n) is 2.29. The van der Waals surface area contributed by atoms with Crippen molar-refractivity contribution in [3.63, 3.8) is 0 Å². The van der Waals surface area contributed by atoms with Crippen LogP contribution in [-0.4, -0.2) is 5.78 Å². The van der Waals surface area contributed by atoms with E-state index >= 15 is 0 Å². The smallest absolute Gasteiger partial charge is 0.159 e. The molecule has 0 radical (unpaired) electrons. The molecule has 2 rings (SSSR count). The van der Waals surface area contributed by atoms with Gasteiger partial charge in [-0.25, -0.2) is 0 Å². The predicted molar refractivity (Wildman–Crippen MR) is 80.5 cm³/mol. The fourth-order valence-corrected chi connectivity index (χ4v) is 2.29. The molecular weight excluding hydrogens is 232 g/mol. The van der Waals surface area contributed by atoms with Gasteiger partial charge in [0.05, 0.1) is 0 Å². The highest BCUT2D eigenvalue weighted by Crippen LogP contribution is 2.26. The monoisotopic (exact) mass is 252 g/mol. The van der Waals surface area contributed by atoms with Crippen molar-refractivity contribution in [1.29, 1.82) is 0 Å². The standard InChI is InChI=1S/C18H20O/c1-3-4-8-17-13-16(14(2)19)11-12-18(17)15-9-6-5-7-10-15/h5-7,9-13H,3-4,8H2,1-2H3. The van der Waals surface area contributed by atoms with Gasteiger partial charge in [0.25, 0.3) is 0 Å². The van der Waals surface area contributed by atoms with Crippen LogP contribution in [0.2, 0.25) is 0 Å². The lowest BCUT2D eigenvalue weighted by atomic mass is 9.93. The number of carbonyl (C=O) groups excluding carboxylic acids is 1. The lowest BCUT2D eigenvalue weighted by Gasteiger charge is -2.11. The quantitative estimate of drug-likeness (QED) is 0.692. The van der Waals surface area contributed by atoms with Gasteiger partial charge in [-0.15, -0.1) is 0 Å². The molecule has 0 unspecified atom stereocenters. The number of Topliss-reactive ketones (excluding diaryl/α,β-unsaturated/α-hetero) is 1. The van der Waals surface area contributed by atoms with Crippen LogP contribution in [0.15, 0.2) is 48.5 Å². The maximum absolute atomic E-state index is 11.5. The van der Waals surface area contributed by atoms with Crippen LogP contribution >= 0.6 is 0 Å². The third-order valence-electron chi connectivity index (χ3n) is 3.40. The molecule has 0 amide bonds. The van der Waals surface area contributed by atoms with Crippen molar-refractivity contribution < 1.29 is 4.79 Å². The molecule has 0 bridgehead atoms. The lowest BCUT2D eigenvalue weighted by molar-refractivity contribution is 0.101. The van der Waals surface area contributed by atoms with Crippen molar-refractivity contribution in [3.05, 3.63) is 59.7 Å². The summed E-state index contributed by atoms with van der Waals surface area (Å²) in [7, 11) is 0. The molecule has 0 aliphatic rings. The molecule has 0 saturated carbocycles. The Morgan fingerprint density at radius 2 is 1.79 bits per heavy atom. The minimum atomic E-state index is 0.136. The topological polar surface area (TPSA) is 17.1 Å². The summed E-state index contributed by atoms with van der Waals surface area (Å²) in [5.41, 5.74) is 4.56. The van der Waals surface area contributed by atoms with E-state index in [9.17, 15) is 4.79 Å². The molecule has 0 aliphatic heterocycles. The number of hydrogen-bond donors (Lipinski definition) is 0. The Morgan fingerprint density at radius 1 is 1.05 bits per heavy atom. The van der Waals surface area contributed by atoms with Gasteiger partial charge in [0.2, 0.25) is 0 Å². The third-order valence-corrected chi connectivity index (χ3v) is 3.40. The molecule has 0 spiro atoms. The first-order valence-corrected chi connectivity index (χ1v) is 6.91. The van der Waals surface area contributed by atoms with E-state index < -0.39 is 0 Å². The normalized spacial score (nSPS) is 10.4. The van der Waals surface area contributed by atoms with Gasteiger partial charge in [0.1, 0.15) is 0 Å². The zero-order valence-electron chi connectivity index (χ0n) is 11.6. The van der Waals surface area contributed by atoms with Crippen LogP contribution in [0.25, 0.3) is 11.1 Å². The summed E-state index contributed by atoms with van der Waals surface area (Å²) in [5, 5.41) is 0. The Balaban J connectivity index is 2.44. The SMILES string of the molecule is CCCCc1cc(C(C)=O)ccc1-c1ccccc1. The summed E-state index contributed by atoms with van der Waals surface area (Å²) < 4.78 is 0. The highest BCUT2D eigenvalue weighted by molar-refractivity contribution is 5.95. The molecular formula is C18H20O. The van der Waals surface area contributed by atoms with Gasteiger partial charge in [-0.2, -0.15) is 0 Å². The van der Waals surface area contributed by atoms with Gasteiger partial charge < -0.3 is 0 Å². The summed E-state index contributed by atoms with van der Waals surface area (Å²) in [6.45, 7) is 3.82. The molecule has 1 nitrogen and oxygen atoms in total. The molecule has 0 fully saturated rings. The van der Waals surface area contributed by atoms with Crippen molar-refractivity contribution in [2.45, 2.75) is 33.1 Å². The maximum Gasteiger partial charge on any atom is 0.159 e. The van der Waals surface area contributed by atoms with Crippen molar-refractivity contribution >= 4 is 5.78 Å². The number of carbonyl (C=O) groups is 1. The highest BCUT2D eigenvalue weighted by atomic mass is 16.1. The van der Waals surface area contributed by atoms with E-state index in [0.717, 1.165) is 18.4 Å². The molecule has 0 saturated heterocycles. The first kappa shape index (κ1) is 13.5. The number of hydrogen-bond acceptors (Lipinski definition) is 1. The zero-order valence-corrected chi connectivity index (χ0v) is 11.6. The van der Waals surface area contributed by atoms with Gasteiger partial charge >= 0.3 is 0 Å². The molecule has 0 aromatic heterocycles. The number of unbranched alkanes of at least 4 members (excludes halogenated alkanes) is 1. The van der Waals surface area contributed by atoms with E-state index in [0.29, 0.717) is 0 Å². The number of benzene rings is 2. The second-order valence-electron chi connectivity index (χ2n) is 4.90. The molecule has 2 aromatic rings. The van der Waals surface area contributed by atoms with Crippen LogP contribution in [-0.2, 0) is 6.42 Å². The van der Waals surface area contributed by atoms with Crippen molar-refractivity contribution in [3.8, 4) is 11.1 Å². The van der Waals surface area contributed by atoms with Crippen LogP contribution in [0.4, 0.5) is 0 Å². The highest BCUT2D eigenvalue weighted by Gasteiger charge is 2.08. The fraction of sp³-hybridized carbons (Fsp3) is 0.278. The maximum atomic E-state index is 11.5. The average molecular weight is 252 g/mol. The Bertz CT molecular complexity index is 555. The summed E-state index contributed by atoms with van der Waals surface area (Å²) in [6, 6.07) is 16.4. The van der Waals surface area contributed by atoms with E-state index in [-0.39, 0.29) is 5.78 Å². The molecule has 2 aromatic carbocycles. The van der Waals surface area contributed by atoms with Gasteiger partial charge in [-0.05, 0) is 42.5 Å². The minimum Gasteiger partial charge on any atom is -0.295 e. The van der Waals surface area contributed by atoms with Crippen LogP contribution in [0.5, 0.6) is 0 Å². The molecule has 98 valence electrons. The van der Waals surface area contributed by atoms with Gasteiger partial charge in [0, 0.05) is 5.56 Å². The summed E-state index contributed by atoms with van der Waals surface area (Å²) in [5.74, 6) is 0.136. The molecule has 0 heterocycles. The van der Waals surface area contributed by atoms with E-state index in [2.05, 4.69) is 43.3 Å². The Morgan fingerprint density at radius 3 is 2.42 bits per heavy atom. The van der Waals surface area contributed by atoms with E-state index in [1.165, 1.54) is 23.1 Å². The summed E-state index contributed by atoms with van der Waals surface area (Å²) in [6.07, 6.45) is 3.35. The van der Waals surface area contributed by atoms with Crippen LogP contribution in [0.3, 0.4) is 0 Å². The van der Waals surface area contributed by atoms with Gasteiger partial charge in [-0.3, -0.25) is 4.79 Å². The molecule has 1 heteroatoms. The van der Waals surface area contributed by atoms with E-state index in [1.807, 2.05) is 12.1 Å². The summed E-state index contributed by atoms with van der Waals surface area (Å²) in [4.78, 5) is 11.5. The number of aryl methyl sites for hydroxylation is 1.